The van der Waals surface area contributed by atoms with Crippen molar-refractivity contribution in [2.24, 2.45) is 11.3 Å². The van der Waals surface area contributed by atoms with E-state index in [0.717, 1.165) is 25.8 Å². The lowest BCUT2D eigenvalue weighted by molar-refractivity contribution is -0.153. The van der Waals surface area contributed by atoms with Gasteiger partial charge in [0.1, 0.15) is 0 Å². The quantitative estimate of drug-likeness (QED) is 0.785. The van der Waals surface area contributed by atoms with Gasteiger partial charge in [-0.15, -0.1) is 0 Å². The Morgan fingerprint density at radius 1 is 1.21 bits per heavy atom. The number of piperidine rings is 2. The third-order valence-electron chi connectivity index (χ3n) is 5.56. The SMILES string of the molecule is O=C(CCC(F)(F)F)N1CCC[C@@]2(CCC(=O)N(CC3CC3)C2)C1. The fourth-order valence-electron chi connectivity index (χ4n) is 4.04. The summed E-state index contributed by atoms with van der Waals surface area (Å²) in [5.74, 6) is 0.405. The number of rotatable bonds is 4. The van der Waals surface area contributed by atoms with Gasteiger partial charge in [0.15, 0.2) is 0 Å². The van der Waals surface area contributed by atoms with Crippen molar-refractivity contribution in [1.29, 1.82) is 0 Å². The second kappa shape index (κ2) is 6.56. The minimum atomic E-state index is -4.29. The number of hydrogen-bond acceptors (Lipinski definition) is 2. The molecule has 1 aliphatic carbocycles. The van der Waals surface area contributed by atoms with Crippen molar-refractivity contribution in [3.05, 3.63) is 0 Å². The highest BCUT2D eigenvalue weighted by Gasteiger charge is 2.44. The van der Waals surface area contributed by atoms with Gasteiger partial charge < -0.3 is 9.80 Å². The van der Waals surface area contributed by atoms with Gasteiger partial charge in [-0.2, -0.15) is 13.2 Å². The summed E-state index contributed by atoms with van der Waals surface area (Å²) in [5.41, 5.74) is -0.116. The molecular weight excluding hydrogens is 321 g/mol. The van der Waals surface area contributed by atoms with Gasteiger partial charge in [0.2, 0.25) is 11.8 Å². The molecule has 3 aliphatic rings. The lowest BCUT2D eigenvalue weighted by Crippen LogP contribution is -2.55. The highest BCUT2D eigenvalue weighted by atomic mass is 19.4. The molecule has 0 aromatic heterocycles. The number of likely N-dealkylation sites (tertiary alicyclic amines) is 2. The maximum atomic E-state index is 12.3. The first-order valence-electron chi connectivity index (χ1n) is 8.89. The van der Waals surface area contributed by atoms with E-state index in [1.807, 2.05) is 4.90 Å². The van der Waals surface area contributed by atoms with E-state index in [4.69, 9.17) is 0 Å². The average Bonchev–Trinajstić information content (AvgIpc) is 3.32. The maximum Gasteiger partial charge on any atom is 0.389 e. The molecule has 2 amide bonds. The van der Waals surface area contributed by atoms with Crippen LogP contribution in [0.3, 0.4) is 0 Å². The second-order valence-corrected chi connectivity index (χ2v) is 7.75. The first kappa shape index (κ1) is 17.5. The summed E-state index contributed by atoms with van der Waals surface area (Å²) in [6, 6.07) is 0. The maximum absolute atomic E-state index is 12.3. The monoisotopic (exact) mass is 346 g/mol. The fraction of sp³-hybridized carbons (Fsp3) is 0.882. The van der Waals surface area contributed by atoms with E-state index in [1.165, 1.54) is 12.8 Å². The molecule has 0 radical (unpaired) electrons. The van der Waals surface area contributed by atoms with Gasteiger partial charge >= 0.3 is 6.18 Å². The lowest BCUT2D eigenvalue weighted by Gasteiger charge is -2.48. The van der Waals surface area contributed by atoms with Gasteiger partial charge in [0, 0.05) is 44.4 Å². The van der Waals surface area contributed by atoms with Gasteiger partial charge in [-0.05, 0) is 38.0 Å². The number of carbonyl (C=O) groups is 2. The number of halogens is 3. The molecule has 7 heteroatoms. The minimum Gasteiger partial charge on any atom is -0.342 e. The number of alkyl halides is 3. The fourth-order valence-corrected chi connectivity index (χ4v) is 4.04. The summed E-state index contributed by atoms with van der Waals surface area (Å²) in [5, 5.41) is 0. The molecule has 1 atom stereocenters. The third kappa shape index (κ3) is 4.42. The summed E-state index contributed by atoms with van der Waals surface area (Å²) in [6.07, 6.45) is -0.452. The predicted octanol–water partition coefficient (Wildman–Crippen LogP) is 2.97. The van der Waals surface area contributed by atoms with Crippen LogP contribution in [0.2, 0.25) is 0 Å². The van der Waals surface area contributed by atoms with Crippen LogP contribution in [-0.2, 0) is 9.59 Å². The van der Waals surface area contributed by atoms with E-state index < -0.39 is 24.9 Å². The molecule has 0 aromatic carbocycles. The van der Waals surface area contributed by atoms with Crippen molar-refractivity contribution in [2.75, 3.05) is 26.2 Å². The topological polar surface area (TPSA) is 40.6 Å². The van der Waals surface area contributed by atoms with Crippen LogP contribution in [0.15, 0.2) is 0 Å². The van der Waals surface area contributed by atoms with Crippen LogP contribution in [0, 0.1) is 11.3 Å². The van der Waals surface area contributed by atoms with Crippen LogP contribution in [0.25, 0.3) is 0 Å². The predicted molar refractivity (Wildman–Crippen MR) is 82.1 cm³/mol. The van der Waals surface area contributed by atoms with E-state index in [9.17, 15) is 22.8 Å². The molecule has 2 saturated heterocycles. The lowest BCUT2D eigenvalue weighted by atomic mass is 9.73. The van der Waals surface area contributed by atoms with E-state index in [0.29, 0.717) is 32.0 Å². The first-order chi connectivity index (χ1) is 11.3. The van der Waals surface area contributed by atoms with Crippen LogP contribution in [-0.4, -0.2) is 54.0 Å². The Morgan fingerprint density at radius 2 is 1.96 bits per heavy atom. The standard InChI is InChI=1S/C17H25F3N2O2/c18-17(19,20)8-5-14(23)21-9-1-6-16(11-21)7-4-15(24)22(12-16)10-13-2-3-13/h13H,1-12H2/t16-/m1/s1. The number of hydrogen-bond donors (Lipinski definition) is 0. The molecule has 2 aliphatic heterocycles. The van der Waals surface area contributed by atoms with Gasteiger partial charge in [-0.25, -0.2) is 0 Å². The van der Waals surface area contributed by atoms with Crippen LogP contribution < -0.4 is 0 Å². The summed E-state index contributed by atoms with van der Waals surface area (Å²) >= 11 is 0. The Hall–Kier alpha value is -1.27. The molecule has 24 heavy (non-hydrogen) atoms. The van der Waals surface area contributed by atoms with Crippen molar-refractivity contribution in [3.63, 3.8) is 0 Å². The largest absolute Gasteiger partial charge is 0.389 e. The summed E-state index contributed by atoms with van der Waals surface area (Å²) in [4.78, 5) is 27.8. The Bertz CT molecular complexity index is 505. The summed E-state index contributed by atoms with van der Waals surface area (Å²) in [7, 11) is 0. The molecule has 136 valence electrons. The smallest absolute Gasteiger partial charge is 0.342 e. The van der Waals surface area contributed by atoms with E-state index >= 15 is 0 Å². The van der Waals surface area contributed by atoms with Crippen LogP contribution in [0.5, 0.6) is 0 Å². The van der Waals surface area contributed by atoms with Gasteiger partial charge in [-0.3, -0.25) is 9.59 Å². The molecule has 3 rings (SSSR count). The second-order valence-electron chi connectivity index (χ2n) is 7.75. The molecular formula is C17H25F3N2O2. The van der Waals surface area contributed by atoms with Crippen molar-refractivity contribution in [2.45, 2.75) is 57.5 Å². The number of nitrogens with zero attached hydrogens (tertiary/aromatic N) is 2. The molecule has 0 bridgehead atoms. The van der Waals surface area contributed by atoms with E-state index in [1.54, 1.807) is 4.90 Å². The number of amides is 2. The summed E-state index contributed by atoms with van der Waals surface area (Å²) < 4.78 is 37.0. The van der Waals surface area contributed by atoms with Crippen LogP contribution in [0.4, 0.5) is 13.2 Å². The minimum absolute atomic E-state index is 0.116. The highest BCUT2D eigenvalue weighted by molar-refractivity contribution is 5.78. The number of carbonyl (C=O) groups excluding carboxylic acids is 2. The van der Waals surface area contributed by atoms with Crippen molar-refractivity contribution in [1.82, 2.24) is 9.80 Å². The molecule has 1 saturated carbocycles. The zero-order valence-corrected chi connectivity index (χ0v) is 13.9. The van der Waals surface area contributed by atoms with E-state index in [2.05, 4.69) is 0 Å². The van der Waals surface area contributed by atoms with Crippen LogP contribution in [0.1, 0.15) is 51.4 Å². The normalized spacial score (nSPS) is 28.5. The van der Waals surface area contributed by atoms with Crippen LogP contribution >= 0.6 is 0 Å². The molecule has 3 fully saturated rings. The average molecular weight is 346 g/mol. The zero-order chi connectivity index (χ0) is 17.4. The Labute approximate surface area is 140 Å². The van der Waals surface area contributed by atoms with Gasteiger partial charge in [-0.1, -0.05) is 0 Å². The zero-order valence-electron chi connectivity index (χ0n) is 13.9. The third-order valence-corrected chi connectivity index (χ3v) is 5.56. The molecule has 0 aromatic rings. The van der Waals surface area contributed by atoms with Crippen molar-refractivity contribution >= 4 is 11.8 Å². The van der Waals surface area contributed by atoms with Gasteiger partial charge in [0.25, 0.3) is 0 Å². The van der Waals surface area contributed by atoms with E-state index in [-0.39, 0.29) is 11.3 Å². The molecule has 0 N–H and O–H groups in total. The van der Waals surface area contributed by atoms with Crippen molar-refractivity contribution < 1.29 is 22.8 Å². The Kier molecular flexibility index (Phi) is 4.80. The molecule has 1 spiro atoms. The van der Waals surface area contributed by atoms with Crippen molar-refractivity contribution in [3.8, 4) is 0 Å². The Morgan fingerprint density at radius 3 is 2.62 bits per heavy atom. The Balaban J connectivity index is 1.59. The summed E-state index contributed by atoms with van der Waals surface area (Å²) in [6.45, 7) is 2.50. The molecule has 2 heterocycles. The highest BCUT2D eigenvalue weighted by Crippen LogP contribution is 2.41. The first-order valence-corrected chi connectivity index (χ1v) is 8.89. The molecule has 4 nitrogen and oxygen atoms in total. The van der Waals surface area contributed by atoms with Gasteiger partial charge in [0.05, 0.1) is 6.42 Å². The molecule has 0 unspecified atom stereocenters.